The third-order valence-corrected chi connectivity index (χ3v) is 3.49. The Morgan fingerprint density at radius 3 is 2.50 bits per heavy atom. The molecule has 0 saturated carbocycles. The van der Waals surface area contributed by atoms with Gasteiger partial charge in [-0.15, -0.1) is 0 Å². The maximum atomic E-state index is 13.7. The smallest absolute Gasteiger partial charge is 0.126 e. The van der Waals surface area contributed by atoms with Crippen molar-refractivity contribution < 1.29 is 4.39 Å². The molecule has 0 aliphatic carbocycles. The molecule has 0 radical (unpaired) electrons. The van der Waals surface area contributed by atoms with Gasteiger partial charge < -0.3 is 11.5 Å². The number of halogens is 1. The predicted octanol–water partition coefficient (Wildman–Crippen LogP) is 3.51. The third-order valence-electron chi connectivity index (χ3n) is 3.49. The number of aromatic nitrogens is 1. The van der Waals surface area contributed by atoms with E-state index in [4.69, 9.17) is 11.5 Å². The van der Waals surface area contributed by atoms with Crippen molar-refractivity contribution >= 4 is 22.3 Å². The molecule has 3 aromatic rings. The highest BCUT2D eigenvalue weighted by atomic mass is 19.1. The van der Waals surface area contributed by atoms with E-state index in [9.17, 15) is 4.39 Å². The third kappa shape index (κ3) is 1.77. The Bertz CT molecular complexity index is 812. The van der Waals surface area contributed by atoms with Gasteiger partial charge in [0.2, 0.25) is 0 Å². The minimum Gasteiger partial charge on any atom is -0.396 e. The Balaban J connectivity index is 2.37. The van der Waals surface area contributed by atoms with Crippen molar-refractivity contribution in [1.29, 1.82) is 0 Å². The van der Waals surface area contributed by atoms with Gasteiger partial charge in [-0.25, -0.2) is 9.37 Å². The van der Waals surface area contributed by atoms with Crippen molar-refractivity contribution in [1.82, 2.24) is 4.98 Å². The van der Waals surface area contributed by atoms with Crippen LogP contribution in [0.1, 0.15) is 5.56 Å². The van der Waals surface area contributed by atoms with Crippen LogP contribution in [-0.2, 0) is 0 Å². The average Bonchev–Trinajstić information content (AvgIpc) is 2.46. The van der Waals surface area contributed by atoms with Crippen LogP contribution in [0, 0.1) is 12.7 Å². The molecule has 0 aliphatic rings. The van der Waals surface area contributed by atoms with Gasteiger partial charge in [-0.05, 0) is 24.6 Å². The topological polar surface area (TPSA) is 64.9 Å². The standard InChI is InChI=1S/C16H14FN3/c1-9-10(6-4-7-12(9)17)16-15(19)14(18)11-5-2-3-8-13(11)20-16/h2-8H,19H2,1H3,(H2,18,20). The summed E-state index contributed by atoms with van der Waals surface area (Å²) in [5.41, 5.74) is 15.5. The molecule has 0 bridgehead atoms. The Morgan fingerprint density at radius 2 is 1.70 bits per heavy atom. The van der Waals surface area contributed by atoms with Gasteiger partial charge in [0.1, 0.15) is 5.82 Å². The molecule has 1 heterocycles. The number of benzene rings is 2. The summed E-state index contributed by atoms with van der Waals surface area (Å²) < 4.78 is 13.7. The van der Waals surface area contributed by atoms with Crippen molar-refractivity contribution in [3.63, 3.8) is 0 Å². The largest absolute Gasteiger partial charge is 0.396 e. The van der Waals surface area contributed by atoms with Gasteiger partial charge in [0.15, 0.2) is 0 Å². The SMILES string of the molecule is Cc1c(F)cccc1-c1nc2ccccc2c(N)c1N. The quantitative estimate of drug-likeness (QED) is 0.709. The van der Waals surface area contributed by atoms with Crippen molar-refractivity contribution in [3.05, 3.63) is 53.8 Å². The van der Waals surface area contributed by atoms with E-state index >= 15 is 0 Å². The summed E-state index contributed by atoms with van der Waals surface area (Å²) in [7, 11) is 0. The summed E-state index contributed by atoms with van der Waals surface area (Å²) in [4.78, 5) is 4.54. The molecule has 0 atom stereocenters. The molecular formula is C16H14FN3. The number of fused-ring (bicyclic) bond motifs is 1. The number of pyridine rings is 1. The van der Waals surface area contributed by atoms with E-state index in [1.165, 1.54) is 6.07 Å². The zero-order chi connectivity index (χ0) is 14.3. The predicted molar refractivity (Wildman–Crippen MR) is 80.7 cm³/mol. The maximum Gasteiger partial charge on any atom is 0.126 e. The van der Waals surface area contributed by atoms with Crippen LogP contribution in [0.15, 0.2) is 42.5 Å². The lowest BCUT2D eigenvalue weighted by Gasteiger charge is -2.13. The van der Waals surface area contributed by atoms with Gasteiger partial charge in [-0.2, -0.15) is 0 Å². The lowest BCUT2D eigenvalue weighted by molar-refractivity contribution is 0.619. The van der Waals surface area contributed by atoms with Crippen LogP contribution in [0.2, 0.25) is 0 Å². The van der Waals surface area contributed by atoms with Crippen LogP contribution < -0.4 is 11.5 Å². The van der Waals surface area contributed by atoms with Crippen molar-refractivity contribution in [2.75, 3.05) is 11.5 Å². The lowest BCUT2D eigenvalue weighted by atomic mass is 10.0. The van der Waals surface area contributed by atoms with Crippen molar-refractivity contribution in [2.24, 2.45) is 0 Å². The summed E-state index contributed by atoms with van der Waals surface area (Å²) in [6, 6.07) is 12.4. The van der Waals surface area contributed by atoms with E-state index in [-0.39, 0.29) is 5.82 Å². The van der Waals surface area contributed by atoms with E-state index in [0.29, 0.717) is 28.2 Å². The Kier molecular flexibility index (Phi) is 2.79. The number of hydrogen-bond donors (Lipinski definition) is 2. The summed E-state index contributed by atoms with van der Waals surface area (Å²) in [6.45, 7) is 1.71. The first kappa shape index (κ1) is 12.4. The number of nitrogens with zero attached hydrogens (tertiary/aromatic N) is 1. The normalized spacial score (nSPS) is 10.9. The summed E-state index contributed by atoms with van der Waals surface area (Å²) in [5.74, 6) is -0.282. The molecule has 2 aromatic carbocycles. The van der Waals surface area contributed by atoms with Crippen LogP contribution in [0.4, 0.5) is 15.8 Å². The molecule has 0 saturated heterocycles. The Morgan fingerprint density at radius 1 is 0.950 bits per heavy atom. The molecule has 0 amide bonds. The molecule has 0 spiro atoms. The summed E-state index contributed by atoms with van der Waals surface area (Å²) >= 11 is 0. The highest BCUT2D eigenvalue weighted by Gasteiger charge is 2.14. The number of para-hydroxylation sites is 1. The zero-order valence-electron chi connectivity index (χ0n) is 11.0. The van der Waals surface area contributed by atoms with Gasteiger partial charge in [-0.3, -0.25) is 0 Å². The van der Waals surface area contributed by atoms with Gasteiger partial charge in [0, 0.05) is 10.9 Å². The minimum atomic E-state index is -0.282. The molecule has 4 N–H and O–H groups in total. The molecule has 3 rings (SSSR count). The highest BCUT2D eigenvalue weighted by molar-refractivity contribution is 6.01. The minimum absolute atomic E-state index is 0.282. The molecule has 4 heteroatoms. The van der Waals surface area contributed by atoms with Crippen molar-refractivity contribution in [3.8, 4) is 11.3 Å². The molecule has 3 nitrogen and oxygen atoms in total. The second kappa shape index (κ2) is 4.49. The second-order valence-electron chi connectivity index (χ2n) is 4.72. The highest BCUT2D eigenvalue weighted by Crippen LogP contribution is 2.35. The van der Waals surface area contributed by atoms with E-state index < -0.39 is 0 Å². The summed E-state index contributed by atoms with van der Waals surface area (Å²) in [6.07, 6.45) is 0. The van der Waals surface area contributed by atoms with Gasteiger partial charge in [-0.1, -0.05) is 30.3 Å². The monoisotopic (exact) mass is 267 g/mol. The molecule has 1 aromatic heterocycles. The fourth-order valence-electron chi connectivity index (χ4n) is 2.32. The first-order chi connectivity index (χ1) is 9.59. The number of nitrogen functional groups attached to an aromatic ring is 2. The fourth-order valence-corrected chi connectivity index (χ4v) is 2.32. The number of nitrogens with two attached hydrogens (primary N) is 2. The molecule has 0 aliphatic heterocycles. The van der Waals surface area contributed by atoms with Crippen LogP contribution in [0.3, 0.4) is 0 Å². The summed E-state index contributed by atoms with van der Waals surface area (Å²) in [5, 5.41) is 0.808. The van der Waals surface area contributed by atoms with E-state index in [1.807, 2.05) is 24.3 Å². The molecule has 100 valence electrons. The number of hydrogen-bond acceptors (Lipinski definition) is 3. The Hall–Kier alpha value is -2.62. The van der Waals surface area contributed by atoms with E-state index in [1.54, 1.807) is 19.1 Å². The van der Waals surface area contributed by atoms with E-state index in [0.717, 1.165) is 10.9 Å². The van der Waals surface area contributed by atoms with Crippen molar-refractivity contribution in [2.45, 2.75) is 6.92 Å². The van der Waals surface area contributed by atoms with Gasteiger partial charge in [0.25, 0.3) is 0 Å². The fraction of sp³-hybridized carbons (Fsp3) is 0.0625. The van der Waals surface area contributed by atoms with Crippen LogP contribution >= 0.6 is 0 Å². The second-order valence-corrected chi connectivity index (χ2v) is 4.72. The van der Waals surface area contributed by atoms with Crippen LogP contribution in [-0.4, -0.2) is 4.98 Å². The van der Waals surface area contributed by atoms with Crippen LogP contribution in [0.25, 0.3) is 22.2 Å². The Labute approximate surface area is 116 Å². The molecule has 0 unspecified atom stereocenters. The molecular weight excluding hydrogens is 253 g/mol. The first-order valence-electron chi connectivity index (χ1n) is 6.28. The number of anilines is 2. The van der Waals surface area contributed by atoms with E-state index in [2.05, 4.69) is 4.98 Å². The van der Waals surface area contributed by atoms with Gasteiger partial charge >= 0.3 is 0 Å². The maximum absolute atomic E-state index is 13.7. The molecule has 20 heavy (non-hydrogen) atoms. The first-order valence-corrected chi connectivity index (χ1v) is 6.28. The van der Waals surface area contributed by atoms with Gasteiger partial charge in [0.05, 0.1) is 22.6 Å². The lowest BCUT2D eigenvalue weighted by Crippen LogP contribution is -2.02. The number of rotatable bonds is 1. The average molecular weight is 267 g/mol. The molecule has 0 fully saturated rings. The zero-order valence-corrected chi connectivity index (χ0v) is 11.0. The van der Waals surface area contributed by atoms with Crippen LogP contribution in [0.5, 0.6) is 0 Å².